The predicted molar refractivity (Wildman–Crippen MR) is 63.3 cm³/mol. The molecule has 15 heavy (non-hydrogen) atoms. The largest absolute Gasteiger partial charge is 0.417 e. The highest BCUT2D eigenvalue weighted by Crippen LogP contribution is 2.31. The summed E-state index contributed by atoms with van der Waals surface area (Å²) in [6.45, 7) is 4.27. The number of nitrogens with one attached hydrogen (secondary N) is 1. The Morgan fingerprint density at radius 3 is 2.80 bits per heavy atom. The lowest BCUT2D eigenvalue weighted by molar-refractivity contribution is 0.554. The molecule has 2 rings (SSSR count). The number of aromatic amines is 1. The van der Waals surface area contributed by atoms with E-state index in [2.05, 4.69) is 34.8 Å². The van der Waals surface area contributed by atoms with E-state index in [4.69, 9.17) is 4.42 Å². The van der Waals surface area contributed by atoms with Gasteiger partial charge >= 0.3 is 5.76 Å². The number of rotatable bonds is 2. The fraction of sp³-hybridized carbons (Fsp3) is 0.364. The van der Waals surface area contributed by atoms with Crippen molar-refractivity contribution in [2.75, 3.05) is 0 Å². The third kappa shape index (κ3) is 2.00. The molecule has 0 radical (unpaired) electrons. The van der Waals surface area contributed by atoms with Crippen LogP contribution < -0.4 is 5.76 Å². The molecule has 1 heterocycles. The summed E-state index contributed by atoms with van der Waals surface area (Å²) in [6.07, 6.45) is 0. The van der Waals surface area contributed by atoms with Gasteiger partial charge in [-0.3, -0.25) is 4.98 Å². The number of alkyl halides is 1. The first-order valence-corrected chi connectivity index (χ1v) is 5.76. The van der Waals surface area contributed by atoms with E-state index in [-0.39, 0.29) is 4.83 Å². The van der Waals surface area contributed by atoms with Gasteiger partial charge in [-0.1, -0.05) is 35.8 Å². The van der Waals surface area contributed by atoms with Crippen LogP contribution in [-0.2, 0) is 0 Å². The zero-order chi connectivity index (χ0) is 11.0. The van der Waals surface area contributed by atoms with Gasteiger partial charge in [0.05, 0.1) is 5.52 Å². The molecule has 0 saturated carbocycles. The van der Waals surface area contributed by atoms with Gasteiger partial charge in [0.15, 0.2) is 5.58 Å². The molecular weight excluding hydrogens is 258 g/mol. The molecule has 4 heteroatoms. The highest BCUT2D eigenvalue weighted by molar-refractivity contribution is 9.09. The molecule has 0 aliphatic carbocycles. The van der Waals surface area contributed by atoms with Crippen LogP contribution in [0.2, 0.25) is 0 Å². The van der Waals surface area contributed by atoms with E-state index in [1.807, 2.05) is 18.2 Å². The van der Waals surface area contributed by atoms with E-state index in [1.54, 1.807) is 0 Å². The molecule has 0 saturated heterocycles. The van der Waals surface area contributed by atoms with Crippen molar-refractivity contribution in [3.63, 3.8) is 0 Å². The molecule has 2 aromatic rings. The third-order valence-electron chi connectivity index (χ3n) is 2.35. The maximum Gasteiger partial charge on any atom is 0.417 e. The van der Waals surface area contributed by atoms with Crippen LogP contribution in [0, 0.1) is 5.92 Å². The first-order chi connectivity index (χ1) is 7.08. The molecule has 3 nitrogen and oxygen atoms in total. The molecule has 0 aliphatic rings. The van der Waals surface area contributed by atoms with Gasteiger partial charge in [-0.05, 0) is 23.6 Å². The summed E-state index contributed by atoms with van der Waals surface area (Å²) in [5.74, 6) is 0.0888. The second-order valence-corrected chi connectivity index (χ2v) is 4.90. The number of hydrogen-bond donors (Lipinski definition) is 1. The van der Waals surface area contributed by atoms with Gasteiger partial charge in [-0.25, -0.2) is 4.79 Å². The second kappa shape index (κ2) is 3.85. The van der Waals surface area contributed by atoms with Gasteiger partial charge < -0.3 is 4.42 Å². The SMILES string of the molecule is CC(C)C(Br)c1ccc2[nH]c(=O)oc2c1. The average molecular weight is 270 g/mol. The van der Waals surface area contributed by atoms with E-state index in [9.17, 15) is 4.79 Å². The normalized spacial score (nSPS) is 13.6. The summed E-state index contributed by atoms with van der Waals surface area (Å²) in [5, 5.41) is 0. The molecular formula is C11H12BrNO2. The number of oxazole rings is 1. The van der Waals surface area contributed by atoms with Gasteiger partial charge in [0, 0.05) is 4.83 Å². The molecule has 1 N–H and O–H groups in total. The number of fused-ring (bicyclic) bond motifs is 1. The lowest BCUT2D eigenvalue weighted by Gasteiger charge is -2.13. The Labute approximate surface area is 95.6 Å². The molecule has 80 valence electrons. The van der Waals surface area contributed by atoms with E-state index in [1.165, 1.54) is 0 Å². The Hall–Kier alpha value is -1.03. The third-order valence-corrected chi connectivity index (χ3v) is 3.93. The van der Waals surface area contributed by atoms with Gasteiger partial charge in [0.2, 0.25) is 0 Å². The Kier molecular flexibility index (Phi) is 2.69. The molecule has 1 atom stereocenters. The molecule has 0 amide bonds. The van der Waals surface area contributed by atoms with Gasteiger partial charge in [0.25, 0.3) is 0 Å². The minimum Gasteiger partial charge on any atom is -0.408 e. The number of H-pyrrole nitrogens is 1. The minimum absolute atomic E-state index is 0.280. The monoisotopic (exact) mass is 269 g/mol. The Morgan fingerprint density at radius 2 is 2.13 bits per heavy atom. The molecule has 0 aliphatic heterocycles. The summed E-state index contributed by atoms with van der Waals surface area (Å²) in [6, 6.07) is 5.76. The van der Waals surface area contributed by atoms with Gasteiger partial charge in [-0.2, -0.15) is 0 Å². The van der Waals surface area contributed by atoms with Crippen LogP contribution in [-0.4, -0.2) is 4.98 Å². The van der Waals surface area contributed by atoms with Crippen molar-refractivity contribution < 1.29 is 4.42 Å². The van der Waals surface area contributed by atoms with Crippen molar-refractivity contribution >= 4 is 27.0 Å². The standard InChI is InChI=1S/C11H12BrNO2/c1-6(2)10(12)7-3-4-8-9(5-7)15-11(14)13-8/h3-6,10H,1-2H3,(H,13,14). The maximum atomic E-state index is 11.0. The lowest BCUT2D eigenvalue weighted by atomic mass is 10.0. The van der Waals surface area contributed by atoms with Gasteiger partial charge in [-0.15, -0.1) is 0 Å². The quantitative estimate of drug-likeness (QED) is 0.851. The Balaban J connectivity index is 2.50. The summed E-state index contributed by atoms with van der Waals surface area (Å²) in [5.41, 5.74) is 2.48. The number of aromatic nitrogens is 1. The highest BCUT2D eigenvalue weighted by atomic mass is 79.9. The number of halogens is 1. The maximum absolute atomic E-state index is 11.0. The van der Waals surface area contributed by atoms with Crippen molar-refractivity contribution in [2.24, 2.45) is 5.92 Å². The first-order valence-electron chi connectivity index (χ1n) is 4.85. The van der Waals surface area contributed by atoms with Crippen LogP contribution >= 0.6 is 15.9 Å². The first kappa shape index (κ1) is 10.5. The molecule has 0 bridgehead atoms. The van der Waals surface area contributed by atoms with E-state index >= 15 is 0 Å². The van der Waals surface area contributed by atoms with E-state index in [0.29, 0.717) is 11.5 Å². The van der Waals surface area contributed by atoms with E-state index < -0.39 is 5.76 Å². The van der Waals surface area contributed by atoms with Gasteiger partial charge in [0.1, 0.15) is 0 Å². The van der Waals surface area contributed by atoms with Crippen LogP contribution in [0.15, 0.2) is 27.4 Å². The smallest absolute Gasteiger partial charge is 0.408 e. The van der Waals surface area contributed by atoms with Crippen LogP contribution in [0.3, 0.4) is 0 Å². The number of hydrogen-bond acceptors (Lipinski definition) is 2. The van der Waals surface area contributed by atoms with E-state index in [0.717, 1.165) is 11.1 Å². The van der Waals surface area contributed by atoms with Crippen LogP contribution in [0.4, 0.5) is 0 Å². The Bertz CT molecular complexity index is 527. The fourth-order valence-electron chi connectivity index (χ4n) is 1.52. The van der Waals surface area contributed by atoms with Crippen LogP contribution in [0.1, 0.15) is 24.2 Å². The average Bonchev–Trinajstić information content (AvgIpc) is 2.55. The van der Waals surface area contributed by atoms with Crippen molar-refractivity contribution in [2.45, 2.75) is 18.7 Å². The van der Waals surface area contributed by atoms with Crippen molar-refractivity contribution in [3.05, 3.63) is 34.3 Å². The molecule has 1 aromatic heterocycles. The summed E-state index contributed by atoms with van der Waals surface area (Å²) in [4.78, 5) is 13.9. The molecule has 1 unspecified atom stereocenters. The van der Waals surface area contributed by atoms with Crippen LogP contribution in [0.25, 0.3) is 11.1 Å². The van der Waals surface area contributed by atoms with Crippen molar-refractivity contribution in [1.82, 2.24) is 4.98 Å². The zero-order valence-corrected chi connectivity index (χ0v) is 10.2. The van der Waals surface area contributed by atoms with Crippen molar-refractivity contribution in [3.8, 4) is 0 Å². The zero-order valence-electron chi connectivity index (χ0n) is 8.58. The molecule has 1 aromatic carbocycles. The minimum atomic E-state index is -0.405. The second-order valence-electron chi connectivity index (χ2n) is 3.92. The highest BCUT2D eigenvalue weighted by Gasteiger charge is 2.13. The topological polar surface area (TPSA) is 46.0 Å². The predicted octanol–water partition coefficient (Wildman–Crippen LogP) is 3.21. The lowest BCUT2D eigenvalue weighted by Crippen LogP contribution is -1.97. The van der Waals surface area contributed by atoms with Crippen molar-refractivity contribution in [1.29, 1.82) is 0 Å². The molecule has 0 fully saturated rings. The Morgan fingerprint density at radius 1 is 1.40 bits per heavy atom. The summed E-state index contributed by atoms with van der Waals surface area (Å²) >= 11 is 3.61. The fourth-order valence-corrected chi connectivity index (χ4v) is 1.80. The molecule has 0 spiro atoms. The summed E-state index contributed by atoms with van der Waals surface area (Å²) < 4.78 is 5.01. The summed E-state index contributed by atoms with van der Waals surface area (Å²) in [7, 11) is 0. The van der Waals surface area contributed by atoms with Crippen LogP contribution in [0.5, 0.6) is 0 Å². The number of benzene rings is 1.